The Balaban J connectivity index is 4.36. The van der Waals surface area contributed by atoms with Gasteiger partial charge in [-0.2, -0.15) is 0 Å². The Labute approximate surface area is 95.6 Å². The SMILES string of the molecule is CCN(CC(=O)O)C(=O)NC(C)(C)COC. The number of methoxy groups -OCH3 is 1. The Morgan fingerprint density at radius 3 is 2.38 bits per heavy atom. The molecule has 0 aliphatic heterocycles. The van der Waals surface area contributed by atoms with Crippen molar-refractivity contribution in [1.29, 1.82) is 0 Å². The predicted octanol–water partition coefficient (Wildman–Crippen LogP) is 0.527. The van der Waals surface area contributed by atoms with Gasteiger partial charge in [-0.15, -0.1) is 0 Å². The van der Waals surface area contributed by atoms with Gasteiger partial charge in [-0.3, -0.25) is 4.79 Å². The van der Waals surface area contributed by atoms with Gasteiger partial charge in [0.05, 0.1) is 12.1 Å². The van der Waals surface area contributed by atoms with Crippen molar-refractivity contribution in [2.45, 2.75) is 26.3 Å². The highest BCUT2D eigenvalue weighted by Crippen LogP contribution is 2.03. The fourth-order valence-corrected chi connectivity index (χ4v) is 1.26. The third-order valence-electron chi connectivity index (χ3n) is 1.95. The van der Waals surface area contributed by atoms with Gasteiger partial charge < -0.3 is 20.1 Å². The van der Waals surface area contributed by atoms with Crippen molar-refractivity contribution in [3.05, 3.63) is 0 Å². The first-order valence-electron chi connectivity index (χ1n) is 5.10. The number of aliphatic carboxylic acids is 1. The van der Waals surface area contributed by atoms with Gasteiger partial charge in [0.1, 0.15) is 6.54 Å². The molecular formula is C10H20N2O4. The summed E-state index contributed by atoms with van der Waals surface area (Å²) in [5.41, 5.74) is -0.516. The molecular weight excluding hydrogens is 212 g/mol. The second-order valence-electron chi connectivity index (χ2n) is 4.15. The zero-order chi connectivity index (χ0) is 12.8. The highest BCUT2D eigenvalue weighted by molar-refractivity contribution is 5.80. The number of carboxylic acid groups (broad SMARTS) is 1. The van der Waals surface area contributed by atoms with Gasteiger partial charge in [-0.25, -0.2) is 4.79 Å². The molecule has 0 bridgehead atoms. The first kappa shape index (κ1) is 14.7. The summed E-state index contributed by atoms with van der Waals surface area (Å²) in [6.45, 7) is 5.76. The summed E-state index contributed by atoms with van der Waals surface area (Å²) in [7, 11) is 1.54. The number of likely N-dealkylation sites (N-methyl/N-ethyl adjacent to an activating group) is 1. The van der Waals surface area contributed by atoms with Crippen LogP contribution in [0.15, 0.2) is 0 Å². The summed E-state index contributed by atoms with van der Waals surface area (Å²) in [4.78, 5) is 23.4. The minimum absolute atomic E-state index is 0.300. The van der Waals surface area contributed by atoms with E-state index in [-0.39, 0.29) is 6.54 Å². The summed E-state index contributed by atoms with van der Waals surface area (Å²) in [6, 6.07) is -0.396. The lowest BCUT2D eigenvalue weighted by atomic mass is 10.1. The maximum atomic E-state index is 11.7. The van der Waals surface area contributed by atoms with E-state index in [9.17, 15) is 9.59 Å². The second kappa shape index (κ2) is 6.32. The molecule has 0 aliphatic carbocycles. The van der Waals surface area contributed by atoms with E-state index in [1.807, 2.05) is 13.8 Å². The van der Waals surface area contributed by atoms with Crippen LogP contribution in [-0.4, -0.2) is 54.4 Å². The quantitative estimate of drug-likeness (QED) is 0.700. The molecule has 0 fully saturated rings. The molecule has 0 radical (unpaired) electrons. The van der Waals surface area contributed by atoms with Crippen LogP contribution >= 0.6 is 0 Å². The number of carbonyl (C=O) groups is 2. The van der Waals surface area contributed by atoms with Gasteiger partial charge in [0, 0.05) is 13.7 Å². The van der Waals surface area contributed by atoms with E-state index < -0.39 is 17.5 Å². The number of amides is 2. The van der Waals surface area contributed by atoms with Crippen LogP contribution in [-0.2, 0) is 9.53 Å². The topological polar surface area (TPSA) is 78.9 Å². The van der Waals surface area contributed by atoms with Crippen LogP contribution in [0.25, 0.3) is 0 Å². The molecule has 16 heavy (non-hydrogen) atoms. The van der Waals surface area contributed by atoms with Gasteiger partial charge in [-0.1, -0.05) is 0 Å². The van der Waals surface area contributed by atoms with E-state index in [0.717, 1.165) is 0 Å². The predicted molar refractivity (Wildman–Crippen MR) is 59.4 cm³/mol. The minimum Gasteiger partial charge on any atom is -0.480 e. The Hall–Kier alpha value is -1.30. The maximum absolute atomic E-state index is 11.7. The molecule has 94 valence electrons. The number of carboxylic acids is 1. The van der Waals surface area contributed by atoms with E-state index >= 15 is 0 Å². The molecule has 6 nitrogen and oxygen atoms in total. The highest BCUT2D eigenvalue weighted by atomic mass is 16.5. The average Bonchev–Trinajstić information content (AvgIpc) is 2.12. The lowest BCUT2D eigenvalue weighted by molar-refractivity contribution is -0.137. The molecule has 0 atom stereocenters. The van der Waals surface area contributed by atoms with Crippen molar-refractivity contribution >= 4 is 12.0 Å². The highest BCUT2D eigenvalue weighted by Gasteiger charge is 2.23. The second-order valence-corrected chi connectivity index (χ2v) is 4.15. The molecule has 2 N–H and O–H groups in total. The molecule has 0 heterocycles. The van der Waals surface area contributed by atoms with Gasteiger partial charge in [0.15, 0.2) is 0 Å². The van der Waals surface area contributed by atoms with E-state index in [0.29, 0.717) is 13.2 Å². The van der Waals surface area contributed by atoms with Gasteiger partial charge in [0.2, 0.25) is 0 Å². The lowest BCUT2D eigenvalue weighted by Crippen LogP contribution is -2.53. The fourth-order valence-electron chi connectivity index (χ4n) is 1.26. The number of carbonyl (C=O) groups excluding carboxylic acids is 1. The zero-order valence-corrected chi connectivity index (χ0v) is 10.2. The van der Waals surface area contributed by atoms with Crippen LogP contribution in [0, 0.1) is 0 Å². The number of nitrogens with one attached hydrogen (secondary N) is 1. The number of nitrogens with zero attached hydrogens (tertiary/aromatic N) is 1. The van der Waals surface area contributed by atoms with Crippen LogP contribution < -0.4 is 5.32 Å². The molecule has 0 aromatic heterocycles. The third-order valence-corrected chi connectivity index (χ3v) is 1.95. The number of rotatable bonds is 6. The van der Waals surface area contributed by atoms with Gasteiger partial charge in [0.25, 0.3) is 0 Å². The van der Waals surface area contributed by atoms with Crippen LogP contribution in [0.2, 0.25) is 0 Å². The van der Waals surface area contributed by atoms with Crippen LogP contribution in [0.1, 0.15) is 20.8 Å². The van der Waals surface area contributed by atoms with Gasteiger partial charge in [-0.05, 0) is 20.8 Å². The first-order chi connectivity index (χ1) is 7.32. The fraction of sp³-hybridized carbons (Fsp3) is 0.800. The van der Waals surface area contributed by atoms with Crippen molar-refractivity contribution < 1.29 is 19.4 Å². The first-order valence-corrected chi connectivity index (χ1v) is 5.10. The molecule has 0 rings (SSSR count). The van der Waals surface area contributed by atoms with Crippen LogP contribution in [0.5, 0.6) is 0 Å². The largest absolute Gasteiger partial charge is 0.480 e. The van der Waals surface area contributed by atoms with Crippen molar-refractivity contribution in [2.75, 3.05) is 26.8 Å². The maximum Gasteiger partial charge on any atom is 0.323 e. The van der Waals surface area contributed by atoms with E-state index in [2.05, 4.69) is 5.32 Å². The normalized spacial score (nSPS) is 11.0. The van der Waals surface area contributed by atoms with Crippen molar-refractivity contribution in [3.63, 3.8) is 0 Å². The Morgan fingerprint density at radius 1 is 1.44 bits per heavy atom. The Bertz CT molecular complexity index is 253. The van der Waals surface area contributed by atoms with E-state index in [1.54, 1.807) is 14.0 Å². The number of hydrogen-bond acceptors (Lipinski definition) is 3. The van der Waals surface area contributed by atoms with Crippen molar-refractivity contribution in [3.8, 4) is 0 Å². The molecule has 0 aromatic rings. The van der Waals surface area contributed by atoms with E-state index in [4.69, 9.17) is 9.84 Å². The molecule has 0 aliphatic rings. The molecule has 6 heteroatoms. The Morgan fingerprint density at radius 2 is 2.00 bits per heavy atom. The average molecular weight is 232 g/mol. The summed E-state index contributed by atoms with van der Waals surface area (Å²) in [6.07, 6.45) is 0. The van der Waals surface area contributed by atoms with Crippen LogP contribution in [0.3, 0.4) is 0 Å². The van der Waals surface area contributed by atoms with Crippen molar-refractivity contribution in [2.24, 2.45) is 0 Å². The summed E-state index contributed by atoms with van der Waals surface area (Å²) in [5.74, 6) is -1.03. The lowest BCUT2D eigenvalue weighted by Gasteiger charge is -2.29. The smallest absolute Gasteiger partial charge is 0.323 e. The summed E-state index contributed by atoms with van der Waals surface area (Å²) >= 11 is 0. The van der Waals surface area contributed by atoms with Crippen molar-refractivity contribution in [1.82, 2.24) is 10.2 Å². The monoisotopic (exact) mass is 232 g/mol. The van der Waals surface area contributed by atoms with Gasteiger partial charge >= 0.3 is 12.0 Å². The molecule has 0 spiro atoms. The minimum atomic E-state index is -1.03. The number of ether oxygens (including phenoxy) is 1. The Kier molecular flexibility index (Phi) is 5.81. The van der Waals surface area contributed by atoms with Crippen LogP contribution in [0.4, 0.5) is 4.79 Å². The standard InChI is InChI=1S/C10H20N2O4/c1-5-12(6-8(13)14)9(15)11-10(2,3)7-16-4/h5-7H2,1-4H3,(H,11,15)(H,13,14). The number of hydrogen-bond donors (Lipinski definition) is 2. The molecule has 2 amide bonds. The summed E-state index contributed by atoms with van der Waals surface area (Å²) < 4.78 is 4.95. The molecule has 0 unspecified atom stereocenters. The zero-order valence-electron chi connectivity index (χ0n) is 10.2. The third kappa shape index (κ3) is 5.55. The van der Waals surface area contributed by atoms with E-state index in [1.165, 1.54) is 4.90 Å². The number of urea groups is 1. The molecule has 0 saturated heterocycles. The molecule has 0 saturated carbocycles. The molecule has 0 aromatic carbocycles. The summed E-state index contributed by atoms with van der Waals surface area (Å²) in [5, 5.41) is 11.3.